The van der Waals surface area contributed by atoms with E-state index in [1.165, 1.54) is 18.5 Å². The monoisotopic (exact) mass is 207 g/mol. The number of pyridine rings is 1. The molecule has 2 rings (SSSR count). The Kier molecular flexibility index (Phi) is 1.86. The smallest absolute Gasteiger partial charge is 0.339 e. The molecule has 0 aliphatic rings. The molecular formula is C8H5N3O4. The molecule has 0 saturated carbocycles. The van der Waals surface area contributed by atoms with Crippen molar-refractivity contribution in [1.82, 2.24) is 9.97 Å². The second-order valence-corrected chi connectivity index (χ2v) is 2.82. The predicted molar refractivity (Wildman–Crippen MR) is 49.7 cm³/mol. The molecule has 15 heavy (non-hydrogen) atoms. The fourth-order valence-corrected chi connectivity index (χ4v) is 1.33. The number of hydrogen-bond acceptors (Lipinski definition) is 4. The van der Waals surface area contributed by atoms with Gasteiger partial charge in [0.05, 0.1) is 4.92 Å². The van der Waals surface area contributed by atoms with Crippen molar-refractivity contribution in [1.29, 1.82) is 0 Å². The highest BCUT2D eigenvalue weighted by atomic mass is 16.6. The number of nitrogens with one attached hydrogen (secondary N) is 1. The Morgan fingerprint density at radius 3 is 2.93 bits per heavy atom. The summed E-state index contributed by atoms with van der Waals surface area (Å²) in [7, 11) is 0. The van der Waals surface area contributed by atoms with E-state index in [1.54, 1.807) is 0 Å². The van der Waals surface area contributed by atoms with Crippen molar-refractivity contribution in [3.63, 3.8) is 0 Å². The number of rotatable bonds is 2. The summed E-state index contributed by atoms with van der Waals surface area (Å²) in [5.74, 6) is -1.17. The maximum absolute atomic E-state index is 10.7. The molecule has 0 amide bonds. The van der Waals surface area contributed by atoms with Gasteiger partial charge in [-0.05, 0) is 0 Å². The molecule has 2 aromatic rings. The standard InChI is InChI=1S/C8H5N3O4/c12-8(13)4-3-10-7-5(11(14)15)1-2-9-6(4)7/h1-3,10H,(H,12,13). The van der Waals surface area contributed by atoms with E-state index in [4.69, 9.17) is 5.11 Å². The van der Waals surface area contributed by atoms with Crippen LogP contribution in [0.25, 0.3) is 11.0 Å². The summed E-state index contributed by atoms with van der Waals surface area (Å²) < 4.78 is 0. The number of H-pyrrole nitrogens is 1. The van der Waals surface area contributed by atoms with Crippen LogP contribution in [0.5, 0.6) is 0 Å². The number of nitrogens with zero attached hydrogens (tertiary/aromatic N) is 2. The van der Waals surface area contributed by atoms with Crippen molar-refractivity contribution in [3.05, 3.63) is 34.1 Å². The van der Waals surface area contributed by atoms with Crippen molar-refractivity contribution in [2.45, 2.75) is 0 Å². The van der Waals surface area contributed by atoms with Crippen LogP contribution in [-0.4, -0.2) is 26.0 Å². The molecule has 0 aromatic carbocycles. The van der Waals surface area contributed by atoms with Gasteiger partial charge in [-0.2, -0.15) is 0 Å². The van der Waals surface area contributed by atoms with Crippen LogP contribution in [-0.2, 0) is 0 Å². The number of carboxylic acids is 1. The van der Waals surface area contributed by atoms with Gasteiger partial charge >= 0.3 is 5.97 Å². The van der Waals surface area contributed by atoms with Crippen molar-refractivity contribution in [2.24, 2.45) is 0 Å². The van der Waals surface area contributed by atoms with Crippen LogP contribution in [0.4, 0.5) is 5.69 Å². The fraction of sp³-hybridized carbons (Fsp3) is 0. The minimum absolute atomic E-state index is 0.0753. The van der Waals surface area contributed by atoms with E-state index in [1.807, 2.05) is 0 Å². The third-order valence-corrected chi connectivity index (χ3v) is 1.97. The largest absolute Gasteiger partial charge is 0.478 e. The average Bonchev–Trinajstić information content (AvgIpc) is 2.59. The molecule has 76 valence electrons. The zero-order valence-corrected chi connectivity index (χ0v) is 7.30. The lowest BCUT2D eigenvalue weighted by Gasteiger charge is -1.93. The lowest BCUT2D eigenvalue weighted by atomic mass is 10.2. The minimum atomic E-state index is -1.17. The number of aromatic carboxylic acids is 1. The first-order valence-electron chi connectivity index (χ1n) is 3.95. The van der Waals surface area contributed by atoms with Gasteiger partial charge in [0.2, 0.25) is 0 Å². The Hall–Kier alpha value is -2.44. The van der Waals surface area contributed by atoms with Gasteiger partial charge in [0, 0.05) is 18.5 Å². The summed E-state index contributed by atoms with van der Waals surface area (Å²) >= 11 is 0. The Balaban J connectivity index is 2.80. The van der Waals surface area contributed by atoms with Gasteiger partial charge in [-0.3, -0.25) is 15.1 Å². The van der Waals surface area contributed by atoms with Gasteiger partial charge in [-0.15, -0.1) is 0 Å². The number of fused-ring (bicyclic) bond motifs is 1. The van der Waals surface area contributed by atoms with Crippen LogP contribution >= 0.6 is 0 Å². The molecule has 2 aromatic heterocycles. The number of aromatic amines is 1. The zero-order valence-electron chi connectivity index (χ0n) is 7.30. The van der Waals surface area contributed by atoms with Gasteiger partial charge in [0.15, 0.2) is 0 Å². The highest BCUT2D eigenvalue weighted by Gasteiger charge is 2.19. The van der Waals surface area contributed by atoms with E-state index < -0.39 is 10.9 Å². The van der Waals surface area contributed by atoms with Crippen molar-refractivity contribution in [3.8, 4) is 0 Å². The topological polar surface area (TPSA) is 109 Å². The first-order chi connectivity index (χ1) is 7.11. The number of nitro groups is 1. The molecule has 2 N–H and O–H groups in total. The zero-order chi connectivity index (χ0) is 11.0. The van der Waals surface area contributed by atoms with Crippen LogP contribution < -0.4 is 0 Å². The minimum Gasteiger partial charge on any atom is -0.478 e. The molecule has 0 unspecified atom stereocenters. The van der Waals surface area contributed by atoms with E-state index in [2.05, 4.69) is 9.97 Å². The van der Waals surface area contributed by atoms with Crippen LogP contribution in [0.2, 0.25) is 0 Å². The highest BCUT2D eigenvalue weighted by Crippen LogP contribution is 2.24. The number of carboxylic acid groups (broad SMARTS) is 1. The fourth-order valence-electron chi connectivity index (χ4n) is 1.33. The molecule has 0 fully saturated rings. The second-order valence-electron chi connectivity index (χ2n) is 2.82. The van der Waals surface area contributed by atoms with Crippen LogP contribution in [0.1, 0.15) is 10.4 Å². The molecule has 7 nitrogen and oxygen atoms in total. The molecule has 0 aliphatic heterocycles. The normalized spacial score (nSPS) is 10.4. The van der Waals surface area contributed by atoms with Crippen molar-refractivity contribution >= 4 is 22.7 Å². The molecular weight excluding hydrogens is 202 g/mol. The van der Waals surface area contributed by atoms with Gasteiger partial charge in [-0.25, -0.2) is 4.79 Å². The Morgan fingerprint density at radius 1 is 1.60 bits per heavy atom. The maximum Gasteiger partial charge on any atom is 0.339 e. The molecule has 0 spiro atoms. The van der Waals surface area contributed by atoms with Gasteiger partial charge in [-0.1, -0.05) is 0 Å². The molecule has 0 saturated heterocycles. The average molecular weight is 207 g/mol. The van der Waals surface area contributed by atoms with Gasteiger partial charge in [0.1, 0.15) is 16.6 Å². The first kappa shape index (κ1) is 9.13. The molecule has 2 heterocycles. The summed E-state index contributed by atoms with van der Waals surface area (Å²) in [6, 6.07) is 1.21. The molecule has 0 aliphatic carbocycles. The summed E-state index contributed by atoms with van der Waals surface area (Å²) in [5.41, 5.74) is -0.0437. The molecule has 0 atom stereocenters. The maximum atomic E-state index is 10.7. The van der Waals surface area contributed by atoms with E-state index in [9.17, 15) is 14.9 Å². The number of aromatic nitrogens is 2. The summed E-state index contributed by atoms with van der Waals surface area (Å²) in [4.78, 5) is 27.1. The third-order valence-electron chi connectivity index (χ3n) is 1.97. The molecule has 0 bridgehead atoms. The van der Waals surface area contributed by atoms with E-state index >= 15 is 0 Å². The second kappa shape index (κ2) is 3.05. The quantitative estimate of drug-likeness (QED) is 0.567. The SMILES string of the molecule is O=C(O)c1c[nH]c2c([N+](=O)[O-])ccnc12. The molecule has 0 radical (unpaired) electrons. The first-order valence-corrected chi connectivity index (χ1v) is 3.95. The van der Waals surface area contributed by atoms with E-state index in [-0.39, 0.29) is 22.3 Å². The Morgan fingerprint density at radius 2 is 2.33 bits per heavy atom. The number of carbonyl (C=O) groups is 1. The highest BCUT2D eigenvalue weighted by molar-refractivity contribution is 6.03. The Bertz CT molecular complexity index is 560. The predicted octanol–water partition coefficient (Wildman–Crippen LogP) is 1.17. The van der Waals surface area contributed by atoms with E-state index in [0.29, 0.717) is 0 Å². The van der Waals surface area contributed by atoms with Crippen molar-refractivity contribution < 1.29 is 14.8 Å². The van der Waals surface area contributed by atoms with Gasteiger partial charge in [0.25, 0.3) is 5.69 Å². The lowest BCUT2D eigenvalue weighted by molar-refractivity contribution is -0.383. The molecule has 7 heteroatoms. The van der Waals surface area contributed by atoms with Crippen molar-refractivity contribution in [2.75, 3.05) is 0 Å². The van der Waals surface area contributed by atoms with Gasteiger partial charge < -0.3 is 10.1 Å². The van der Waals surface area contributed by atoms with Crippen LogP contribution in [0, 0.1) is 10.1 Å². The van der Waals surface area contributed by atoms with Crippen LogP contribution in [0.3, 0.4) is 0 Å². The summed E-state index contributed by atoms with van der Waals surface area (Å²) in [5, 5.41) is 19.4. The third kappa shape index (κ3) is 1.30. The number of hydrogen-bond donors (Lipinski definition) is 2. The summed E-state index contributed by atoms with van der Waals surface area (Å²) in [6.07, 6.45) is 2.40. The lowest BCUT2D eigenvalue weighted by Crippen LogP contribution is -1.95. The van der Waals surface area contributed by atoms with Crippen LogP contribution in [0.15, 0.2) is 18.5 Å². The summed E-state index contributed by atoms with van der Waals surface area (Å²) in [6.45, 7) is 0. The Labute approximate surface area is 82.5 Å². The van der Waals surface area contributed by atoms with E-state index in [0.717, 1.165) is 0 Å².